The second-order valence-corrected chi connectivity index (χ2v) is 4.37. The van der Waals surface area contributed by atoms with Crippen LogP contribution in [0.2, 0.25) is 0 Å². The Kier molecular flexibility index (Phi) is 3.88. The molecule has 0 heterocycles. The molecule has 0 saturated heterocycles. The third-order valence-corrected chi connectivity index (χ3v) is 3.08. The molecule has 1 N–H and O–H groups in total. The van der Waals surface area contributed by atoms with Gasteiger partial charge in [0.15, 0.2) is 11.5 Å². The molecule has 2 rings (SSSR count). The minimum atomic E-state index is 0.211. The van der Waals surface area contributed by atoms with Gasteiger partial charge < -0.3 is 9.84 Å². The van der Waals surface area contributed by atoms with Crippen LogP contribution in [0.25, 0.3) is 0 Å². The number of aromatic hydroxyl groups is 1. The van der Waals surface area contributed by atoms with Crippen molar-refractivity contribution in [3.8, 4) is 11.5 Å². The van der Waals surface area contributed by atoms with Gasteiger partial charge in [-0.05, 0) is 42.2 Å². The van der Waals surface area contributed by atoms with Crippen LogP contribution in [0.3, 0.4) is 0 Å². The average molecular weight is 242 g/mol. The van der Waals surface area contributed by atoms with Crippen molar-refractivity contribution in [2.75, 3.05) is 0 Å². The molecular formula is C16H18O2. The van der Waals surface area contributed by atoms with Crippen LogP contribution >= 0.6 is 0 Å². The van der Waals surface area contributed by atoms with Gasteiger partial charge in [-0.25, -0.2) is 0 Å². The smallest absolute Gasteiger partial charge is 0.161 e. The number of hydrogen-bond acceptors (Lipinski definition) is 2. The number of phenols is 1. The molecule has 0 spiro atoms. The summed E-state index contributed by atoms with van der Waals surface area (Å²) in [6, 6.07) is 13.6. The molecule has 94 valence electrons. The molecule has 0 aliphatic rings. The Morgan fingerprint density at radius 1 is 1.11 bits per heavy atom. The first kappa shape index (κ1) is 12.5. The predicted molar refractivity (Wildman–Crippen MR) is 73.0 cm³/mol. The first-order chi connectivity index (χ1) is 8.70. The van der Waals surface area contributed by atoms with Crippen LogP contribution in [-0.2, 0) is 13.0 Å². The van der Waals surface area contributed by atoms with Crippen molar-refractivity contribution in [3.63, 3.8) is 0 Å². The van der Waals surface area contributed by atoms with Crippen molar-refractivity contribution >= 4 is 0 Å². The summed E-state index contributed by atoms with van der Waals surface area (Å²) < 4.78 is 5.65. The van der Waals surface area contributed by atoms with E-state index in [9.17, 15) is 5.11 Å². The number of rotatable bonds is 4. The van der Waals surface area contributed by atoms with Crippen molar-refractivity contribution in [2.24, 2.45) is 0 Å². The highest BCUT2D eigenvalue weighted by Gasteiger charge is 2.04. The van der Waals surface area contributed by atoms with Crippen molar-refractivity contribution in [1.82, 2.24) is 0 Å². The third-order valence-electron chi connectivity index (χ3n) is 3.08. The fourth-order valence-electron chi connectivity index (χ4n) is 1.83. The van der Waals surface area contributed by atoms with E-state index in [4.69, 9.17) is 4.74 Å². The van der Waals surface area contributed by atoms with Crippen molar-refractivity contribution in [1.29, 1.82) is 0 Å². The van der Waals surface area contributed by atoms with Crippen molar-refractivity contribution in [2.45, 2.75) is 26.9 Å². The SMILES string of the molecule is CCc1ccc(OCc2ccccc2C)c(O)c1. The molecule has 0 bridgehead atoms. The molecular weight excluding hydrogens is 224 g/mol. The largest absolute Gasteiger partial charge is 0.504 e. The Labute approximate surface area is 108 Å². The fraction of sp³-hybridized carbons (Fsp3) is 0.250. The number of aryl methyl sites for hydroxylation is 2. The Morgan fingerprint density at radius 3 is 2.56 bits per heavy atom. The lowest BCUT2D eigenvalue weighted by Crippen LogP contribution is -1.98. The van der Waals surface area contributed by atoms with Crippen LogP contribution in [0.5, 0.6) is 11.5 Å². The summed E-state index contributed by atoms with van der Waals surface area (Å²) in [6.07, 6.45) is 0.908. The molecule has 0 amide bonds. The average Bonchev–Trinajstić information content (AvgIpc) is 2.39. The van der Waals surface area contributed by atoms with E-state index in [0.29, 0.717) is 12.4 Å². The normalized spacial score (nSPS) is 10.3. The Bertz CT molecular complexity index is 532. The van der Waals surface area contributed by atoms with Crippen LogP contribution < -0.4 is 4.74 Å². The standard InChI is InChI=1S/C16H18O2/c1-3-13-8-9-16(15(17)10-13)18-11-14-7-5-4-6-12(14)2/h4-10,17H,3,11H2,1-2H3. The molecule has 18 heavy (non-hydrogen) atoms. The lowest BCUT2D eigenvalue weighted by molar-refractivity contribution is 0.288. The van der Waals surface area contributed by atoms with Crippen LogP contribution in [0.1, 0.15) is 23.6 Å². The molecule has 0 fully saturated rings. The summed E-state index contributed by atoms with van der Waals surface area (Å²) in [4.78, 5) is 0. The second kappa shape index (κ2) is 5.58. The molecule has 2 heteroatoms. The number of hydrogen-bond donors (Lipinski definition) is 1. The number of phenolic OH excluding ortho intramolecular Hbond substituents is 1. The van der Waals surface area contributed by atoms with E-state index in [1.165, 1.54) is 5.56 Å². The van der Waals surface area contributed by atoms with Crippen LogP contribution in [-0.4, -0.2) is 5.11 Å². The Hall–Kier alpha value is -1.96. The highest BCUT2D eigenvalue weighted by Crippen LogP contribution is 2.28. The minimum Gasteiger partial charge on any atom is -0.504 e. The highest BCUT2D eigenvalue weighted by molar-refractivity contribution is 5.42. The van der Waals surface area contributed by atoms with E-state index in [1.54, 1.807) is 6.07 Å². The number of ether oxygens (including phenoxy) is 1. The van der Waals surface area contributed by atoms with E-state index in [2.05, 4.69) is 19.9 Å². The van der Waals surface area contributed by atoms with E-state index in [1.807, 2.05) is 30.3 Å². The van der Waals surface area contributed by atoms with Gasteiger partial charge in [-0.1, -0.05) is 37.3 Å². The first-order valence-electron chi connectivity index (χ1n) is 6.20. The van der Waals surface area contributed by atoms with Gasteiger partial charge in [0.05, 0.1) is 0 Å². The zero-order chi connectivity index (χ0) is 13.0. The summed E-state index contributed by atoms with van der Waals surface area (Å²) in [7, 11) is 0. The molecule has 2 aromatic rings. The van der Waals surface area contributed by atoms with Gasteiger partial charge in [-0.3, -0.25) is 0 Å². The lowest BCUT2D eigenvalue weighted by atomic mass is 10.1. The minimum absolute atomic E-state index is 0.211. The molecule has 0 aliphatic heterocycles. The van der Waals surface area contributed by atoms with Crippen LogP contribution in [0.15, 0.2) is 42.5 Å². The topological polar surface area (TPSA) is 29.5 Å². The zero-order valence-electron chi connectivity index (χ0n) is 10.8. The molecule has 0 aliphatic carbocycles. The van der Waals surface area contributed by atoms with E-state index in [0.717, 1.165) is 17.5 Å². The maximum Gasteiger partial charge on any atom is 0.161 e. The quantitative estimate of drug-likeness (QED) is 0.882. The monoisotopic (exact) mass is 242 g/mol. The Balaban J connectivity index is 2.09. The lowest BCUT2D eigenvalue weighted by Gasteiger charge is -2.10. The van der Waals surface area contributed by atoms with E-state index < -0.39 is 0 Å². The van der Waals surface area contributed by atoms with Crippen LogP contribution in [0.4, 0.5) is 0 Å². The highest BCUT2D eigenvalue weighted by atomic mass is 16.5. The molecule has 2 nitrogen and oxygen atoms in total. The Morgan fingerprint density at radius 2 is 1.89 bits per heavy atom. The zero-order valence-corrected chi connectivity index (χ0v) is 10.8. The van der Waals surface area contributed by atoms with Crippen molar-refractivity contribution in [3.05, 3.63) is 59.2 Å². The van der Waals surface area contributed by atoms with Gasteiger partial charge in [0, 0.05) is 0 Å². The van der Waals surface area contributed by atoms with Gasteiger partial charge in [0.2, 0.25) is 0 Å². The van der Waals surface area contributed by atoms with Gasteiger partial charge >= 0.3 is 0 Å². The fourth-order valence-corrected chi connectivity index (χ4v) is 1.83. The summed E-state index contributed by atoms with van der Waals surface area (Å²) >= 11 is 0. The molecule has 0 aromatic heterocycles. The summed E-state index contributed by atoms with van der Waals surface area (Å²) in [6.45, 7) is 4.59. The molecule has 0 atom stereocenters. The molecule has 2 aromatic carbocycles. The summed E-state index contributed by atoms with van der Waals surface area (Å²) in [5, 5.41) is 9.84. The predicted octanol–water partition coefficient (Wildman–Crippen LogP) is 3.84. The van der Waals surface area contributed by atoms with E-state index >= 15 is 0 Å². The van der Waals surface area contributed by atoms with Gasteiger partial charge in [0.25, 0.3) is 0 Å². The second-order valence-electron chi connectivity index (χ2n) is 4.37. The van der Waals surface area contributed by atoms with Gasteiger partial charge in [-0.2, -0.15) is 0 Å². The number of benzene rings is 2. The molecule has 0 unspecified atom stereocenters. The van der Waals surface area contributed by atoms with Gasteiger partial charge in [-0.15, -0.1) is 0 Å². The first-order valence-corrected chi connectivity index (χ1v) is 6.20. The van der Waals surface area contributed by atoms with Gasteiger partial charge in [0.1, 0.15) is 6.61 Å². The summed E-state index contributed by atoms with van der Waals surface area (Å²) in [5.74, 6) is 0.749. The van der Waals surface area contributed by atoms with Crippen LogP contribution in [0, 0.1) is 6.92 Å². The maximum atomic E-state index is 9.84. The maximum absolute atomic E-state index is 9.84. The summed E-state index contributed by atoms with van der Waals surface area (Å²) in [5.41, 5.74) is 3.44. The third kappa shape index (κ3) is 2.83. The molecule has 0 saturated carbocycles. The van der Waals surface area contributed by atoms with E-state index in [-0.39, 0.29) is 5.75 Å². The van der Waals surface area contributed by atoms with Crippen molar-refractivity contribution < 1.29 is 9.84 Å². The molecule has 0 radical (unpaired) electrons.